The largest absolute Gasteiger partial charge is 0.481 e. The van der Waals surface area contributed by atoms with E-state index in [1.807, 2.05) is 0 Å². The molecule has 0 bridgehead atoms. The first-order valence-corrected chi connectivity index (χ1v) is 6.90. The van der Waals surface area contributed by atoms with Crippen molar-refractivity contribution in [1.82, 2.24) is 10.2 Å². The first-order chi connectivity index (χ1) is 8.61. The Morgan fingerprint density at radius 1 is 1.44 bits per heavy atom. The molecule has 2 aliphatic rings. The lowest BCUT2D eigenvalue weighted by Crippen LogP contribution is -2.47. The SMILES string of the molecule is CCC[C@@H]1C[C@H]1NC(=O)N1CCCC(C(=O)O)C1. The van der Waals surface area contributed by atoms with Crippen molar-refractivity contribution in [3.63, 3.8) is 0 Å². The molecule has 0 aromatic heterocycles. The smallest absolute Gasteiger partial charge is 0.317 e. The Hall–Kier alpha value is -1.26. The molecule has 2 rings (SSSR count). The van der Waals surface area contributed by atoms with Crippen LogP contribution in [0.4, 0.5) is 4.79 Å². The van der Waals surface area contributed by atoms with Gasteiger partial charge in [-0.3, -0.25) is 4.79 Å². The molecule has 1 aliphatic heterocycles. The maximum absolute atomic E-state index is 12.0. The van der Waals surface area contributed by atoms with E-state index in [1.165, 1.54) is 6.42 Å². The van der Waals surface area contributed by atoms with Crippen LogP contribution >= 0.6 is 0 Å². The number of nitrogens with one attached hydrogen (secondary N) is 1. The second-order valence-corrected chi connectivity index (χ2v) is 5.46. The highest BCUT2D eigenvalue weighted by Gasteiger charge is 2.38. The van der Waals surface area contributed by atoms with Crippen molar-refractivity contribution in [2.24, 2.45) is 11.8 Å². The minimum atomic E-state index is -0.789. The van der Waals surface area contributed by atoms with Gasteiger partial charge in [-0.1, -0.05) is 13.3 Å². The number of piperidine rings is 1. The molecule has 18 heavy (non-hydrogen) atoms. The molecular weight excluding hydrogens is 232 g/mol. The first kappa shape index (κ1) is 13.2. The summed E-state index contributed by atoms with van der Waals surface area (Å²) < 4.78 is 0. The summed E-state index contributed by atoms with van der Waals surface area (Å²) in [5.41, 5.74) is 0. The zero-order chi connectivity index (χ0) is 13.1. The van der Waals surface area contributed by atoms with Gasteiger partial charge in [-0.25, -0.2) is 4.79 Å². The summed E-state index contributed by atoms with van der Waals surface area (Å²) >= 11 is 0. The zero-order valence-electron chi connectivity index (χ0n) is 10.9. The lowest BCUT2D eigenvalue weighted by Gasteiger charge is -2.30. The number of hydrogen-bond donors (Lipinski definition) is 2. The van der Waals surface area contributed by atoms with Gasteiger partial charge in [0.05, 0.1) is 5.92 Å². The highest BCUT2D eigenvalue weighted by Crippen LogP contribution is 2.34. The van der Waals surface area contributed by atoms with E-state index >= 15 is 0 Å². The van der Waals surface area contributed by atoms with Crippen LogP contribution < -0.4 is 5.32 Å². The molecule has 3 atom stereocenters. The molecule has 1 saturated carbocycles. The molecule has 5 nitrogen and oxygen atoms in total. The average Bonchev–Trinajstić information content (AvgIpc) is 3.08. The number of carboxylic acids is 1. The zero-order valence-corrected chi connectivity index (χ0v) is 10.9. The van der Waals surface area contributed by atoms with Crippen LogP contribution in [0, 0.1) is 11.8 Å². The Balaban J connectivity index is 1.77. The van der Waals surface area contributed by atoms with Gasteiger partial charge in [-0.15, -0.1) is 0 Å². The molecule has 2 amide bonds. The maximum Gasteiger partial charge on any atom is 0.317 e. The van der Waals surface area contributed by atoms with Crippen molar-refractivity contribution in [3.05, 3.63) is 0 Å². The van der Waals surface area contributed by atoms with E-state index in [9.17, 15) is 9.59 Å². The van der Waals surface area contributed by atoms with E-state index in [0.717, 1.165) is 19.3 Å². The summed E-state index contributed by atoms with van der Waals surface area (Å²) in [5, 5.41) is 12.0. The summed E-state index contributed by atoms with van der Waals surface area (Å²) in [7, 11) is 0. The van der Waals surface area contributed by atoms with E-state index in [2.05, 4.69) is 12.2 Å². The summed E-state index contributed by atoms with van der Waals surface area (Å²) in [6.07, 6.45) is 4.87. The molecule has 1 heterocycles. The molecule has 1 saturated heterocycles. The lowest BCUT2D eigenvalue weighted by atomic mass is 9.99. The second-order valence-electron chi connectivity index (χ2n) is 5.46. The first-order valence-electron chi connectivity index (χ1n) is 6.90. The van der Waals surface area contributed by atoms with E-state index < -0.39 is 11.9 Å². The second kappa shape index (κ2) is 5.59. The van der Waals surface area contributed by atoms with Crippen molar-refractivity contribution >= 4 is 12.0 Å². The topological polar surface area (TPSA) is 69.6 Å². The average molecular weight is 254 g/mol. The van der Waals surface area contributed by atoms with Crippen molar-refractivity contribution < 1.29 is 14.7 Å². The summed E-state index contributed by atoms with van der Waals surface area (Å²) in [4.78, 5) is 24.6. The predicted octanol–water partition coefficient (Wildman–Crippen LogP) is 1.68. The maximum atomic E-state index is 12.0. The molecule has 102 valence electrons. The van der Waals surface area contributed by atoms with Crippen LogP contribution in [0.1, 0.15) is 39.0 Å². The number of rotatable bonds is 4. The molecule has 2 fully saturated rings. The van der Waals surface area contributed by atoms with E-state index in [0.29, 0.717) is 31.5 Å². The number of hydrogen-bond acceptors (Lipinski definition) is 2. The van der Waals surface area contributed by atoms with Gasteiger partial charge in [0.1, 0.15) is 0 Å². The Kier molecular flexibility index (Phi) is 4.09. The minimum Gasteiger partial charge on any atom is -0.481 e. The van der Waals surface area contributed by atoms with E-state index in [1.54, 1.807) is 4.90 Å². The van der Waals surface area contributed by atoms with Crippen LogP contribution in [-0.2, 0) is 4.79 Å². The van der Waals surface area contributed by atoms with Gasteiger partial charge in [0, 0.05) is 19.1 Å². The molecule has 5 heteroatoms. The third-order valence-corrected chi connectivity index (χ3v) is 3.95. The van der Waals surface area contributed by atoms with Gasteiger partial charge in [-0.2, -0.15) is 0 Å². The predicted molar refractivity (Wildman–Crippen MR) is 67.3 cm³/mol. The Labute approximate surface area is 108 Å². The standard InChI is InChI=1S/C13H22N2O3/c1-2-4-9-7-11(9)14-13(18)15-6-3-5-10(8-15)12(16)17/h9-11H,2-8H2,1H3,(H,14,18)(H,16,17)/t9-,10?,11-/m1/s1. The van der Waals surface area contributed by atoms with Crippen LogP contribution in [-0.4, -0.2) is 41.1 Å². The Morgan fingerprint density at radius 2 is 2.22 bits per heavy atom. The summed E-state index contributed by atoms with van der Waals surface area (Å²) in [5.74, 6) is -0.545. The van der Waals surface area contributed by atoms with Gasteiger partial charge >= 0.3 is 12.0 Å². The third kappa shape index (κ3) is 3.15. The molecule has 0 aromatic carbocycles. The molecule has 0 spiro atoms. The van der Waals surface area contributed by atoms with Crippen molar-refractivity contribution in [2.45, 2.75) is 45.1 Å². The van der Waals surface area contributed by atoms with Gasteiger partial charge < -0.3 is 15.3 Å². The van der Waals surface area contributed by atoms with Crippen LogP contribution in [0.15, 0.2) is 0 Å². The van der Waals surface area contributed by atoms with Gasteiger partial charge in [0.25, 0.3) is 0 Å². The number of likely N-dealkylation sites (tertiary alicyclic amines) is 1. The number of urea groups is 1. The quantitative estimate of drug-likeness (QED) is 0.802. The highest BCUT2D eigenvalue weighted by atomic mass is 16.4. The Morgan fingerprint density at radius 3 is 2.89 bits per heavy atom. The monoisotopic (exact) mass is 254 g/mol. The van der Waals surface area contributed by atoms with Crippen LogP contribution in [0.2, 0.25) is 0 Å². The van der Waals surface area contributed by atoms with Crippen molar-refractivity contribution in [1.29, 1.82) is 0 Å². The van der Waals surface area contributed by atoms with Crippen LogP contribution in [0.3, 0.4) is 0 Å². The molecule has 0 radical (unpaired) electrons. The summed E-state index contributed by atoms with van der Waals surface area (Å²) in [6, 6.07) is 0.243. The molecule has 2 N–H and O–H groups in total. The fraction of sp³-hybridized carbons (Fsp3) is 0.846. The molecule has 1 unspecified atom stereocenters. The Bertz CT molecular complexity index is 332. The number of amides is 2. The van der Waals surface area contributed by atoms with Gasteiger partial charge in [0.15, 0.2) is 0 Å². The number of carbonyl (C=O) groups excluding carboxylic acids is 1. The number of carboxylic acid groups (broad SMARTS) is 1. The fourth-order valence-electron chi connectivity index (χ4n) is 2.73. The number of aliphatic carboxylic acids is 1. The molecular formula is C13H22N2O3. The fourth-order valence-corrected chi connectivity index (χ4v) is 2.73. The van der Waals surface area contributed by atoms with Gasteiger partial charge in [-0.05, 0) is 31.6 Å². The summed E-state index contributed by atoms with van der Waals surface area (Å²) in [6.45, 7) is 3.19. The number of carbonyl (C=O) groups is 2. The highest BCUT2D eigenvalue weighted by molar-refractivity contribution is 5.77. The third-order valence-electron chi connectivity index (χ3n) is 3.95. The van der Waals surface area contributed by atoms with Gasteiger partial charge in [0.2, 0.25) is 0 Å². The van der Waals surface area contributed by atoms with Crippen molar-refractivity contribution in [3.8, 4) is 0 Å². The number of nitrogens with zero attached hydrogens (tertiary/aromatic N) is 1. The van der Waals surface area contributed by atoms with Crippen LogP contribution in [0.25, 0.3) is 0 Å². The van der Waals surface area contributed by atoms with E-state index in [4.69, 9.17) is 5.11 Å². The minimum absolute atomic E-state index is 0.0791. The molecule has 0 aromatic rings. The normalized spacial score (nSPS) is 30.9. The lowest BCUT2D eigenvalue weighted by molar-refractivity contribution is -0.143. The van der Waals surface area contributed by atoms with E-state index in [-0.39, 0.29) is 6.03 Å². The van der Waals surface area contributed by atoms with Crippen LogP contribution in [0.5, 0.6) is 0 Å². The molecule has 1 aliphatic carbocycles. The van der Waals surface area contributed by atoms with Crippen molar-refractivity contribution in [2.75, 3.05) is 13.1 Å².